The van der Waals surface area contributed by atoms with Gasteiger partial charge in [-0.15, -0.1) is 0 Å². The quantitative estimate of drug-likeness (QED) is 0.804. The van der Waals surface area contributed by atoms with Crippen LogP contribution in [0.2, 0.25) is 5.02 Å². The maximum Gasteiger partial charge on any atom is 0.272 e. The fourth-order valence-electron chi connectivity index (χ4n) is 2.69. The second-order valence-electron chi connectivity index (χ2n) is 5.91. The zero-order chi connectivity index (χ0) is 16.0. The SMILES string of the molecule is CC1CC1NC(=O)c1nn2cccnc2c1-c1ccc(Cl)cc1. The first-order valence-electron chi connectivity index (χ1n) is 7.53. The molecule has 1 fully saturated rings. The van der Waals surface area contributed by atoms with Crippen molar-refractivity contribution < 1.29 is 4.79 Å². The molecule has 0 spiro atoms. The number of hydrogen-bond acceptors (Lipinski definition) is 3. The summed E-state index contributed by atoms with van der Waals surface area (Å²) in [4.78, 5) is 17.0. The van der Waals surface area contributed by atoms with Crippen molar-refractivity contribution >= 4 is 23.2 Å². The number of hydrogen-bond donors (Lipinski definition) is 1. The summed E-state index contributed by atoms with van der Waals surface area (Å²) in [5.74, 6) is 0.378. The molecule has 2 heterocycles. The van der Waals surface area contributed by atoms with Crippen molar-refractivity contribution in [2.75, 3.05) is 0 Å². The normalized spacial score (nSPS) is 19.7. The van der Waals surface area contributed by atoms with E-state index in [0.29, 0.717) is 22.3 Å². The maximum atomic E-state index is 12.6. The van der Waals surface area contributed by atoms with Crippen LogP contribution in [0.1, 0.15) is 23.8 Å². The molecule has 2 atom stereocenters. The van der Waals surface area contributed by atoms with E-state index in [1.807, 2.05) is 12.1 Å². The van der Waals surface area contributed by atoms with Gasteiger partial charge in [-0.2, -0.15) is 5.10 Å². The molecule has 1 saturated carbocycles. The fraction of sp³-hybridized carbons (Fsp3) is 0.235. The standard InChI is InChI=1S/C17H15ClN4O/c1-10-9-13(10)20-17(23)15-14(11-3-5-12(18)6-4-11)16-19-7-2-8-22(16)21-15/h2-8,10,13H,9H2,1H3,(H,20,23). The summed E-state index contributed by atoms with van der Waals surface area (Å²) < 4.78 is 1.63. The average Bonchev–Trinajstić information content (AvgIpc) is 3.10. The predicted octanol–water partition coefficient (Wildman–Crippen LogP) is 3.19. The summed E-state index contributed by atoms with van der Waals surface area (Å²) in [7, 11) is 0. The van der Waals surface area contributed by atoms with Crippen molar-refractivity contribution in [2.24, 2.45) is 5.92 Å². The first-order valence-corrected chi connectivity index (χ1v) is 7.91. The third kappa shape index (κ3) is 2.57. The molecule has 0 aliphatic heterocycles. The second-order valence-corrected chi connectivity index (χ2v) is 6.35. The molecule has 1 aliphatic carbocycles. The smallest absolute Gasteiger partial charge is 0.272 e. The van der Waals surface area contributed by atoms with Crippen LogP contribution in [0.25, 0.3) is 16.8 Å². The Morgan fingerprint density at radius 3 is 2.78 bits per heavy atom. The molecule has 23 heavy (non-hydrogen) atoms. The zero-order valence-corrected chi connectivity index (χ0v) is 13.3. The highest BCUT2D eigenvalue weighted by Crippen LogP contribution is 2.31. The molecule has 0 saturated heterocycles. The third-order valence-corrected chi connectivity index (χ3v) is 4.42. The molecule has 5 nitrogen and oxygen atoms in total. The molecule has 3 aromatic rings. The summed E-state index contributed by atoms with van der Waals surface area (Å²) in [6.45, 7) is 2.12. The van der Waals surface area contributed by atoms with Gasteiger partial charge in [-0.25, -0.2) is 9.50 Å². The van der Waals surface area contributed by atoms with Crippen LogP contribution in [0.4, 0.5) is 0 Å². The van der Waals surface area contributed by atoms with Gasteiger partial charge in [0.25, 0.3) is 5.91 Å². The number of carbonyl (C=O) groups excluding carboxylic acids is 1. The van der Waals surface area contributed by atoms with Crippen molar-refractivity contribution in [1.82, 2.24) is 19.9 Å². The van der Waals surface area contributed by atoms with Gasteiger partial charge >= 0.3 is 0 Å². The summed E-state index contributed by atoms with van der Waals surface area (Å²) in [6.07, 6.45) is 4.51. The first-order chi connectivity index (χ1) is 11.1. The zero-order valence-electron chi connectivity index (χ0n) is 12.5. The van der Waals surface area contributed by atoms with E-state index in [0.717, 1.165) is 17.5 Å². The number of rotatable bonds is 3. The monoisotopic (exact) mass is 326 g/mol. The van der Waals surface area contributed by atoms with Crippen molar-refractivity contribution in [1.29, 1.82) is 0 Å². The van der Waals surface area contributed by atoms with Crippen LogP contribution in [0.3, 0.4) is 0 Å². The second kappa shape index (κ2) is 5.35. The van der Waals surface area contributed by atoms with Gasteiger partial charge < -0.3 is 5.32 Å². The highest BCUT2D eigenvalue weighted by Gasteiger charge is 2.35. The molecule has 2 aromatic heterocycles. The van der Waals surface area contributed by atoms with E-state index >= 15 is 0 Å². The fourth-order valence-corrected chi connectivity index (χ4v) is 2.81. The van der Waals surface area contributed by atoms with Gasteiger partial charge in [0.2, 0.25) is 0 Å². The summed E-state index contributed by atoms with van der Waals surface area (Å²) in [5, 5.41) is 8.11. The Kier molecular flexibility index (Phi) is 3.31. The lowest BCUT2D eigenvalue weighted by Gasteiger charge is -2.04. The van der Waals surface area contributed by atoms with Gasteiger partial charge in [0.1, 0.15) is 0 Å². The van der Waals surface area contributed by atoms with Crippen LogP contribution in [0.5, 0.6) is 0 Å². The highest BCUT2D eigenvalue weighted by molar-refractivity contribution is 6.30. The molecule has 1 aromatic carbocycles. The minimum Gasteiger partial charge on any atom is -0.348 e. The van der Waals surface area contributed by atoms with E-state index in [1.165, 1.54) is 0 Å². The number of benzene rings is 1. The molecule has 0 radical (unpaired) electrons. The molecule has 116 valence electrons. The molecule has 2 unspecified atom stereocenters. The number of nitrogens with zero attached hydrogens (tertiary/aromatic N) is 3. The van der Waals surface area contributed by atoms with Crippen molar-refractivity contribution in [2.45, 2.75) is 19.4 Å². The maximum absolute atomic E-state index is 12.6. The van der Waals surface area contributed by atoms with Gasteiger partial charge in [0, 0.05) is 23.5 Å². The van der Waals surface area contributed by atoms with E-state index in [9.17, 15) is 4.79 Å². The number of halogens is 1. The third-order valence-electron chi connectivity index (χ3n) is 4.17. The van der Waals surface area contributed by atoms with E-state index in [-0.39, 0.29) is 11.9 Å². The van der Waals surface area contributed by atoms with E-state index in [2.05, 4.69) is 22.3 Å². The molecule has 6 heteroatoms. The Bertz CT molecular complexity index is 887. The van der Waals surface area contributed by atoms with Crippen LogP contribution < -0.4 is 5.32 Å². The van der Waals surface area contributed by atoms with Crippen molar-refractivity contribution in [3.8, 4) is 11.1 Å². The molecule has 1 aliphatic rings. The highest BCUT2D eigenvalue weighted by atomic mass is 35.5. The average molecular weight is 327 g/mol. The Labute approximate surface area is 138 Å². The van der Waals surface area contributed by atoms with Gasteiger partial charge in [0.15, 0.2) is 11.3 Å². The van der Waals surface area contributed by atoms with E-state index in [1.54, 1.807) is 35.1 Å². The molecule has 1 N–H and O–H groups in total. The van der Waals surface area contributed by atoms with Crippen molar-refractivity contribution in [3.63, 3.8) is 0 Å². The Hall–Kier alpha value is -2.40. The molecule has 4 rings (SSSR count). The number of aromatic nitrogens is 3. The number of fused-ring (bicyclic) bond motifs is 1. The Balaban J connectivity index is 1.84. The van der Waals surface area contributed by atoms with Crippen molar-refractivity contribution in [3.05, 3.63) is 53.4 Å². The van der Waals surface area contributed by atoms with Crippen LogP contribution in [0, 0.1) is 5.92 Å². The largest absolute Gasteiger partial charge is 0.348 e. The van der Waals surface area contributed by atoms with Gasteiger partial charge in [-0.05, 0) is 36.1 Å². The summed E-state index contributed by atoms with van der Waals surface area (Å²) in [5.41, 5.74) is 2.65. The van der Waals surface area contributed by atoms with Crippen LogP contribution >= 0.6 is 11.6 Å². The van der Waals surface area contributed by atoms with E-state index < -0.39 is 0 Å². The first kappa shape index (κ1) is 14.2. The lowest BCUT2D eigenvalue weighted by atomic mass is 10.1. The Morgan fingerprint density at radius 1 is 1.35 bits per heavy atom. The van der Waals surface area contributed by atoms with Crippen LogP contribution in [-0.2, 0) is 0 Å². The van der Waals surface area contributed by atoms with Gasteiger partial charge in [0.05, 0.1) is 5.56 Å². The summed E-state index contributed by atoms with van der Waals surface area (Å²) in [6, 6.07) is 9.39. The number of carbonyl (C=O) groups is 1. The molecule has 1 amide bonds. The minimum absolute atomic E-state index is 0.158. The van der Waals surface area contributed by atoms with Gasteiger partial charge in [-0.3, -0.25) is 4.79 Å². The van der Waals surface area contributed by atoms with Crippen LogP contribution in [-0.4, -0.2) is 26.5 Å². The number of amides is 1. The Morgan fingerprint density at radius 2 is 2.09 bits per heavy atom. The van der Waals surface area contributed by atoms with Gasteiger partial charge in [-0.1, -0.05) is 30.7 Å². The minimum atomic E-state index is -0.158. The topological polar surface area (TPSA) is 59.3 Å². The predicted molar refractivity (Wildman–Crippen MR) is 88.5 cm³/mol. The van der Waals surface area contributed by atoms with Crippen LogP contribution in [0.15, 0.2) is 42.7 Å². The lowest BCUT2D eigenvalue weighted by molar-refractivity contribution is 0.0944. The molecular weight excluding hydrogens is 312 g/mol. The lowest BCUT2D eigenvalue weighted by Crippen LogP contribution is -2.27. The van der Waals surface area contributed by atoms with E-state index in [4.69, 9.17) is 11.6 Å². The number of nitrogens with one attached hydrogen (secondary N) is 1. The molecular formula is C17H15ClN4O. The summed E-state index contributed by atoms with van der Waals surface area (Å²) >= 11 is 5.97. The molecule has 0 bridgehead atoms.